The molecule has 0 aliphatic carbocycles. The van der Waals surface area contributed by atoms with Gasteiger partial charge in [0.15, 0.2) is 12.1 Å². The van der Waals surface area contributed by atoms with E-state index in [9.17, 15) is 55.5 Å². The first-order valence-corrected chi connectivity index (χ1v) is 22.6. The van der Waals surface area contributed by atoms with E-state index in [1.165, 1.54) is 0 Å². The van der Waals surface area contributed by atoms with Crippen LogP contribution in [0.4, 0.5) is 0 Å². The number of nitrogens with two attached hydrogens (primary N) is 1. The zero-order chi connectivity index (χ0) is 47.6. The molecule has 0 amide bonds. The number of aliphatic hydroxyl groups excluding tert-OH is 7. The average Bonchev–Trinajstić information content (AvgIpc) is 3.21. The Kier molecular flexibility index (Phi) is 23.5. The molecule has 16 nitrogen and oxygen atoms in total. The number of esters is 1. The third-order valence-electron chi connectivity index (χ3n) is 12.4. The minimum atomic E-state index is -2.25. The number of fused-ring (bicyclic) bond motifs is 2. The van der Waals surface area contributed by atoms with E-state index in [1.807, 2.05) is 62.5 Å². The van der Waals surface area contributed by atoms with Crippen molar-refractivity contribution in [3.63, 3.8) is 0 Å². The SMILES string of the molecule is CC1OC(O[C@H]2/C=C/C=C/C=C/C=C/C=C/C=C/C=C/[C@H](C)[C@@H](O)[C@@H](C)[C@H](C)OC(=O)C[C@H](O)CCCC[C@@H](O)[C@H](O)C[C@H](O)C[C@]3(O)C[C@H](O)[C@@H](C(=O)O)[C@H](C2)O3)C(O)C(N)C1C. The first kappa shape index (κ1) is 55.0. The highest BCUT2D eigenvalue weighted by Crippen LogP contribution is 2.38. The van der Waals surface area contributed by atoms with Gasteiger partial charge < -0.3 is 70.6 Å². The number of carboxylic acid groups (broad SMARTS) is 1. The molecule has 2 bridgehead atoms. The van der Waals surface area contributed by atoms with E-state index >= 15 is 0 Å². The topological polar surface area (TPSA) is 279 Å². The molecule has 3 heterocycles. The van der Waals surface area contributed by atoms with E-state index in [4.69, 9.17) is 24.7 Å². The Morgan fingerprint density at radius 1 is 0.688 bits per heavy atom. The predicted molar refractivity (Wildman–Crippen MR) is 239 cm³/mol. The third-order valence-corrected chi connectivity index (χ3v) is 12.4. The molecule has 3 aliphatic rings. The van der Waals surface area contributed by atoms with Crippen LogP contribution in [-0.4, -0.2) is 143 Å². The molecule has 3 rings (SSSR count). The van der Waals surface area contributed by atoms with Crippen molar-refractivity contribution in [2.45, 2.75) is 178 Å². The second kappa shape index (κ2) is 27.3. The maximum atomic E-state index is 12.6. The molecule has 2 fully saturated rings. The van der Waals surface area contributed by atoms with E-state index in [1.54, 1.807) is 57.2 Å². The smallest absolute Gasteiger partial charge is 0.311 e. The van der Waals surface area contributed by atoms with Crippen LogP contribution in [0.15, 0.2) is 85.1 Å². The summed E-state index contributed by atoms with van der Waals surface area (Å²) in [7, 11) is 0. The van der Waals surface area contributed by atoms with E-state index in [-0.39, 0.29) is 43.6 Å². The average molecular weight is 906 g/mol. The summed E-state index contributed by atoms with van der Waals surface area (Å²) in [6, 6.07) is -0.690. The maximum absolute atomic E-state index is 12.6. The highest BCUT2D eigenvalue weighted by atomic mass is 16.7. The Morgan fingerprint density at radius 2 is 1.25 bits per heavy atom. The number of rotatable bonds is 3. The normalized spacial score (nSPS) is 44.8. The molecule has 0 aromatic rings. The van der Waals surface area contributed by atoms with Crippen LogP contribution in [0.25, 0.3) is 0 Å². The standard InChI is InChI=1S/C48H75NO15/c1-29-20-16-14-12-10-8-6-7-9-11-13-15-17-22-36(63-47-45(57)43(49)30(2)32(4)62-47)26-40-42(46(58)59)39(54)28-48(60,64-40)27-35(51)24-38(53)37(52)23-19-18-21-34(50)25-41(55)61-33(5)31(3)44(29)56/h6-17,20,22,29-40,42-45,47,50-54,56-57,60H,18-19,21,23-28,49H2,1-5H3,(H,58,59)/b7-6+,10-8+,11-9+,14-12+,15-13+,20-16+,22-17+/t29-,30?,31-,32?,33-,34+,35-,36-,37+,38+,39-,40-,42+,43?,44+,45?,47?,48+/m0/s1. The lowest BCUT2D eigenvalue weighted by Crippen LogP contribution is -2.58. The molecule has 2 saturated heterocycles. The maximum Gasteiger partial charge on any atom is 0.311 e. The first-order valence-electron chi connectivity index (χ1n) is 22.6. The minimum Gasteiger partial charge on any atom is -0.481 e. The van der Waals surface area contributed by atoms with Gasteiger partial charge in [0.05, 0.1) is 61.4 Å². The first-order chi connectivity index (χ1) is 30.2. The zero-order valence-electron chi connectivity index (χ0n) is 37.8. The van der Waals surface area contributed by atoms with Crippen LogP contribution in [0.2, 0.25) is 0 Å². The number of carbonyl (C=O) groups excluding carboxylic acids is 1. The summed E-state index contributed by atoms with van der Waals surface area (Å²) >= 11 is 0. The van der Waals surface area contributed by atoms with Gasteiger partial charge >= 0.3 is 11.9 Å². The van der Waals surface area contributed by atoms with E-state index < -0.39 is 122 Å². The summed E-state index contributed by atoms with van der Waals surface area (Å²) in [5.74, 6) is -6.60. The molecule has 0 radical (unpaired) electrons. The molecule has 0 aromatic carbocycles. The van der Waals surface area contributed by atoms with Crippen LogP contribution in [0.3, 0.4) is 0 Å². The molecule has 3 aliphatic heterocycles. The Bertz CT molecular complexity index is 1630. The van der Waals surface area contributed by atoms with Gasteiger partial charge in [-0.15, -0.1) is 0 Å². The van der Waals surface area contributed by atoms with E-state index in [0.717, 1.165) is 0 Å². The number of carbonyl (C=O) groups is 2. The van der Waals surface area contributed by atoms with Gasteiger partial charge in [-0.25, -0.2) is 0 Å². The van der Waals surface area contributed by atoms with Gasteiger partial charge in [0.1, 0.15) is 18.1 Å². The summed E-state index contributed by atoms with van der Waals surface area (Å²) in [4.78, 5) is 25.1. The largest absolute Gasteiger partial charge is 0.481 e. The van der Waals surface area contributed by atoms with Crippen LogP contribution in [0.1, 0.15) is 92.4 Å². The van der Waals surface area contributed by atoms with Crippen molar-refractivity contribution >= 4 is 11.9 Å². The quantitative estimate of drug-likeness (QED) is 0.182. The summed E-state index contributed by atoms with van der Waals surface area (Å²) in [6.45, 7) is 8.97. The molecule has 18 atom stereocenters. The molecule has 64 heavy (non-hydrogen) atoms. The third kappa shape index (κ3) is 18.1. The number of hydrogen-bond acceptors (Lipinski definition) is 15. The van der Waals surface area contributed by atoms with Crippen molar-refractivity contribution in [1.29, 1.82) is 0 Å². The monoisotopic (exact) mass is 906 g/mol. The minimum absolute atomic E-state index is 0.0951. The molecule has 362 valence electrons. The lowest BCUT2D eigenvalue weighted by atomic mass is 9.82. The molecule has 11 N–H and O–H groups in total. The fourth-order valence-electron chi connectivity index (χ4n) is 8.08. The van der Waals surface area contributed by atoms with E-state index in [2.05, 4.69) is 0 Å². The number of carboxylic acids is 1. The van der Waals surface area contributed by atoms with E-state index in [0.29, 0.717) is 12.8 Å². The predicted octanol–water partition coefficient (Wildman–Crippen LogP) is 3.02. The second-order valence-electron chi connectivity index (χ2n) is 17.8. The van der Waals surface area contributed by atoms with Gasteiger partial charge in [0.2, 0.25) is 0 Å². The number of cyclic esters (lactones) is 1. The molecule has 16 heteroatoms. The Balaban J connectivity index is 1.84. The lowest BCUT2D eigenvalue weighted by molar-refractivity contribution is -0.307. The van der Waals surface area contributed by atoms with Crippen molar-refractivity contribution in [2.24, 2.45) is 29.4 Å². The molecule has 5 unspecified atom stereocenters. The van der Waals surface area contributed by atoms with Crippen LogP contribution < -0.4 is 5.73 Å². The Hall–Kier alpha value is -3.36. The Labute approximate surface area is 377 Å². The van der Waals surface area contributed by atoms with Crippen LogP contribution in [-0.2, 0) is 28.5 Å². The molecular formula is C48H75NO15. The number of aliphatic carboxylic acids is 1. The molecule has 0 saturated carbocycles. The summed E-state index contributed by atoms with van der Waals surface area (Å²) in [6.07, 6.45) is 10.5. The van der Waals surface area contributed by atoms with Gasteiger partial charge in [-0.1, -0.05) is 119 Å². The molecular weight excluding hydrogens is 831 g/mol. The van der Waals surface area contributed by atoms with Gasteiger partial charge in [0, 0.05) is 43.6 Å². The van der Waals surface area contributed by atoms with Crippen LogP contribution in [0.5, 0.6) is 0 Å². The van der Waals surface area contributed by atoms with Crippen LogP contribution in [0, 0.1) is 23.7 Å². The van der Waals surface area contributed by atoms with Crippen molar-refractivity contribution in [1.82, 2.24) is 0 Å². The summed E-state index contributed by atoms with van der Waals surface area (Å²) in [5, 5.41) is 97.5. The van der Waals surface area contributed by atoms with Crippen molar-refractivity contribution in [3.8, 4) is 0 Å². The van der Waals surface area contributed by atoms with Gasteiger partial charge in [0.25, 0.3) is 0 Å². The summed E-state index contributed by atoms with van der Waals surface area (Å²) < 4.78 is 23.6. The highest BCUT2D eigenvalue weighted by Gasteiger charge is 2.51. The van der Waals surface area contributed by atoms with Crippen LogP contribution >= 0.6 is 0 Å². The number of allylic oxidation sites excluding steroid dienone is 12. The second-order valence-corrected chi connectivity index (χ2v) is 17.8. The summed E-state index contributed by atoms with van der Waals surface area (Å²) in [5.41, 5.74) is 6.27. The van der Waals surface area contributed by atoms with Crippen molar-refractivity contribution < 1.29 is 74.5 Å². The number of aliphatic hydroxyl groups is 8. The van der Waals surface area contributed by atoms with Crippen molar-refractivity contribution in [3.05, 3.63) is 85.1 Å². The number of hydrogen-bond donors (Lipinski definition) is 10. The lowest BCUT2D eigenvalue weighted by Gasteiger charge is -2.45. The van der Waals surface area contributed by atoms with Gasteiger partial charge in [-0.05, 0) is 32.6 Å². The molecule has 0 aromatic heterocycles. The zero-order valence-corrected chi connectivity index (χ0v) is 37.8. The fourth-order valence-corrected chi connectivity index (χ4v) is 8.08. The van der Waals surface area contributed by atoms with Gasteiger partial charge in [-0.2, -0.15) is 0 Å². The van der Waals surface area contributed by atoms with Crippen molar-refractivity contribution in [2.75, 3.05) is 0 Å². The number of ether oxygens (including phenoxy) is 4. The van der Waals surface area contributed by atoms with Gasteiger partial charge in [-0.3, -0.25) is 9.59 Å². The Morgan fingerprint density at radius 3 is 1.84 bits per heavy atom. The molecule has 0 spiro atoms. The highest BCUT2D eigenvalue weighted by molar-refractivity contribution is 5.71. The fraction of sp³-hybridized carbons (Fsp3) is 0.667.